The van der Waals surface area contributed by atoms with Gasteiger partial charge in [0.15, 0.2) is 5.78 Å². The van der Waals surface area contributed by atoms with Crippen molar-refractivity contribution in [3.63, 3.8) is 0 Å². The van der Waals surface area contributed by atoms with Crippen molar-refractivity contribution in [3.05, 3.63) is 71.3 Å². The lowest BCUT2D eigenvalue weighted by Crippen LogP contribution is -2.25. The number of nitrogens with zero attached hydrogens (tertiary/aromatic N) is 3. The molecule has 0 radical (unpaired) electrons. The van der Waals surface area contributed by atoms with Gasteiger partial charge in [0, 0.05) is 12.7 Å². The van der Waals surface area contributed by atoms with Gasteiger partial charge in [-0.2, -0.15) is 5.26 Å². The number of aromatic nitrogens is 2. The molecule has 0 N–H and O–H groups in total. The molecular weight excluding hydrogens is 532 g/mol. The molecule has 0 spiro atoms. The van der Waals surface area contributed by atoms with Crippen molar-refractivity contribution in [3.8, 4) is 6.07 Å². The van der Waals surface area contributed by atoms with E-state index in [1.165, 1.54) is 10.9 Å². The van der Waals surface area contributed by atoms with Crippen molar-refractivity contribution in [2.24, 2.45) is 0 Å². The van der Waals surface area contributed by atoms with Crippen molar-refractivity contribution < 1.29 is 4.79 Å². The average molecular weight is 541 g/mol. The van der Waals surface area contributed by atoms with Crippen LogP contribution >= 0.6 is 45.2 Å². The zero-order valence-electron chi connectivity index (χ0n) is 12.2. The highest BCUT2D eigenvalue weighted by atomic mass is 127. The second-order valence-electron chi connectivity index (χ2n) is 5.07. The molecule has 0 bridgehead atoms. The van der Waals surface area contributed by atoms with E-state index in [0.717, 1.165) is 7.14 Å². The van der Waals surface area contributed by atoms with Gasteiger partial charge < -0.3 is 0 Å². The maximum absolute atomic E-state index is 12.6. The van der Waals surface area contributed by atoms with Crippen molar-refractivity contribution in [2.45, 2.75) is 6.54 Å². The van der Waals surface area contributed by atoms with Crippen LogP contribution in [0.3, 0.4) is 0 Å². The van der Waals surface area contributed by atoms with E-state index < -0.39 is 0 Å². The Morgan fingerprint density at radius 3 is 2.58 bits per heavy atom. The molecule has 0 saturated heterocycles. The molecule has 5 nitrogen and oxygen atoms in total. The van der Waals surface area contributed by atoms with E-state index in [1.54, 1.807) is 30.3 Å². The van der Waals surface area contributed by atoms with Crippen LogP contribution in [0.2, 0.25) is 0 Å². The Morgan fingerprint density at radius 1 is 1.21 bits per heavy atom. The van der Waals surface area contributed by atoms with Gasteiger partial charge in [0.25, 0.3) is 5.56 Å². The molecule has 24 heavy (non-hydrogen) atoms. The average Bonchev–Trinajstić information content (AvgIpc) is 2.57. The van der Waals surface area contributed by atoms with Gasteiger partial charge in [-0.3, -0.25) is 14.2 Å². The van der Waals surface area contributed by atoms with E-state index in [2.05, 4.69) is 50.2 Å². The number of benzene rings is 2. The first-order valence-corrected chi connectivity index (χ1v) is 9.03. The molecule has 0 amide bonds. The zero-order valence-corrected chi connectivity index (χ0v) is 16.5. The molecule has 1 heterocycles. The van der Waals surface area contributed by atoms with E-state index in [1.807, 2.05) is 12.1 Å². The fourth-order valence-corrected chi connectivity index (χ4v) is 4.27. The second-order valence-corrected chi connectivity index (χ2v) is 7.48. The third kappa shape index (κ3) is 3.34. The molecule has 118 valence electrons. The Morgan fingerprint density at radius 2 is 1.92 bits per heavy atom. The Bertz CT molecular complexity index is 1050. The fraction of sp³-hybridized carbons (Fsp3) is 0.0588. The first kappa shape index (κ1) is 17.0. The Balaban J connectivity index is 1.98. The number of hydrogen-bond acceptors (Lipinski definition) is 4. The van der Waals surface area contributed by atoms with Gasteiger partial charge >= 0.3 is 0 Å². The Kier molecular flexibility index (Phi) is 4.96. The molecule has 7 heteroatoms. The topological polar surface area (TPSA) is 75.8 Å². The van der Waals surface area contributed by atoms with Gasteiger partial charge in [0.2, 0.25) is 0 Å². The highest BCUT2D eigenvalue weighted by Crippen LogP contribution is 2.19. The number of halogens is 2. The SMILES string of the molecule is N#Cc1ccc(C(=O)Cn2cnc3c(I)cc(I)cc3c2=O)cc1. The van der Waals surface area contributed by atoms with Crippen molar-refractivity contribution in [1.29, 1.82) is 5.26 Å². The van der Waals surface area contributed by atoms with Gasteiger partial charge in [0.1, 0.15) is 0 Å². The summed E-state index contributed by atoms with van der Waals surface area (Å²) in [6.45, 7) is -0.0876. The summed E-state index contributed by atoms with van der Waals surface area (Å²) in [7, 11) is 0. The van der Waals surface area contributed by atoms with Gasteiger partial charge in [-0.1, -0.05) is 12.1 Å². The van der Waals surface area contributed by atoms with E-state index in [9.17, 15) is 9.59 Å². The highest BCUT2D eigenvalue weighted by molar-refractivity contribution is 14.1. The van der Waals surface area contributed by atoms with E-state index in [-0.39, 0.29) is 17.9 Å². The third-order valence-corrected chi connectivity index (χ3v) is 4.94. The summed E-state index contributed by atoms with van der Waals surface area (Å²) in [6.07, 6.45) is 1.40. The minimum atomic E-state index is -0.238. The Hall–Kier alpha value is -1.80. The predicted octanol–water partition coefficient (Wildman–Crippen LogP) is 3.36. The first-order chi connectivity index (χ1) is 11.5. The standard InChI is InChI=1S/C17H9I2N3O2/c18-12-5-13-16(14(19)6-12)21-9-22(17(13)24)8-15(23)11-3-1-10(7-20)2-4-11/h1-6,9H,8H2. The second kappa shape index (κ2) is 6.98. The molecule has 0 atom stereocenters. The fourth-order valence-electron chi connectivity index (χ4n) is 2.28. The van der Waals surface area contributed by atoms with Crippen LogP contribution in [0.5, 0.6) is 0 Å². The van der Waals surface area contributed by atoms with Gasteiger partial charge in [0.05, 0.1) is 35.4 Å². The van der Waals surface area contributed by atoms with Gasteiger partial charge in [-0.05, 0) is 69.4 Å². The zero-order chi connectivity index (χ0) is 17.3. The number of Topliss-reactive ketones (excluding diaryl/α,β-unsaturated/α-hetero) is 1. The minimum Gasteiger partial charge on any atom is -0.292 e. The summed E-state index contributed by atoms with van der Waals surface area (Å²) in [5.41, 5.74) is 1.35. The van der Waals surface area contributed by atoms with Crippen LogP contribution in [0.1, 0.15) is 15.9 Å². The summed E-state index contributed by atoms with van der Waals surface area (Å²) in [5, 5.41) is 9.30. The highest BCUT2D eigenvalue weighted by Gasteiger charge is 2.12. The molecule has 2 aromatic carbocycles. The molecular formula is C17H9I2N3O2. The summed E-state index contributed by atoms with van der Waals surface area (Å²) >= 11 is 4.29. The monoisotopic (exact) mass is 541 g/mol. The number of carbonyl (C=O) groups excluding carboxylic acids is 1. The smallest absolute Gasteiger partial charge is 0.261 e. The number of hydrogen-bond donors (Lipinski definition) is 0. The molecule has 0 saturated carbocycles. The summed E-state index contributed by atoms with van der Waals surface area (Å²) in [5.74, 6) is -0.205. The van der Waals surface area contributed by atoms with Crippen LogP contribution in [0.15, 0.2) is 47.5 Å². The van der Waals surface area contributed by atoms with Crippen molar-refractivity contribution in [2.75, 3.05) is 0 Å². The first-order valence-electron chi connectivity index (χ1n) is 6.87. The van der Waals surface area contributed by atoms with Crippen LogP contribution in [0.25, 0.3) is 10.9 Å². The van der Waals surface area contributed by atoms with E-state index >= 15 is 0 Å². The minimum absolute atomic E-state index is 0.0876. The summed E-state index contributed by atoms with van der Waals surface area (Å²) in [6, 6.07) is 12.1. The third-order valence-electron chi connectivity index (χ3n) is 3.50. The molecule has 0 aliphatic rings. The number of nitriles is 1. The van der Waals surface area contributed by atoms with Gasteiger partial charge in [-0.25, -0.2) is 4.98 Å². The largest absolute Gasteiger partial charge is 0.292 e. The maximum Gasteiger partial charge on any atom is 0.261 e. The number of carbonyl (C=O) groups is 1. The van der Waals surface area contributed by atoms with Crippen LogP contribution in [0, 0.1) is 18.5 Å². The lowest BCUT2D eigenvalue weighted by molar-refractivity contribution is 0.0970. The normalized spacial score (nSPS) is 10.5. The van der Waals surface area contributed by atoms with Crippen LogP contribution in [-0.4, -0.2) is 15.3 Å². The van der Waals surface area contributed by atoms with Crippen molar-refractivity contribution >= 4 is 61.9 Å². The molecule has 0 fully saturated rings. The molecule has 0 aliphatic carbocycles. The number of fused-ring (bicyclic) bond motifs is 1. The summed E-state index contributed by atoms with van der Waals surface area (Å²) < 4.78 is 3.16. The molecule has 3 aromatic rings. The lowest BCUT2D eigenvalue weighted by atomic mass is 10.1. The number of rotatable bonds is 3. The van der Waals surface area contributed by atoms with Gasteiger partial charge in [-0.15, -0.1) is 0 Å². The molecule has 0 unspecified atom stereocenters. The quantitative estimate of drug-likeness (QED) is 0.377. The number of ketones is 1. The van der Waals surface area contributed by atoms with E-state index in [4.69, 9.17) is 5.26 Å². The van der Waals surface area contributed by atoms with Crippen molar-refractivity contribution in [1.82, 2.24) is 9.55 Å². The predicted molar refractivity (Wildman–Crippen MR) is 107 cm³/mol. The molecule has 3 rings (SSSR count). The van der Waals surface area contributed by atoms with Crippen LogP contribution in [-0.2, 0) is 6.54 Å². The van der Waals surface area contributed by atoms with E-state index in [0.29, 0.717) is 22.0 Å². The maximum atomic E-state index is 12.6. The van der Waals surface area contributed by atoms with Crippen LogP contribution < -0.4 is 5.56 Å². The lowest BCUT2D eigenvalue weighted by Gasteiger charge is -2.07. The summed E-state index contributed by atoms with van der Waals surface area (Å²) in [4.78, 5) is 29.3. The molecule has 1 aromatic heterocycles. The van der Waals surface area contributed by atoms with Crippen LogP contribution in [0.4, 0.5) is 0 Å². The molecule has 0 aliphatic heterocycles. The Labute approximate surface area is 164 Å².